The molecule has 5 nitrogen and oxygen atoms in total. The zero-order chi connectivity index (χ0) is 17.5. The number of urea groups is 1. The summed E-state index contributed by atoms with van der Waals surface area (Å²) in [5.74, 6) is 1.38. The van der Waals surface area contributed by atoms with Gasteiger partial charge in [0.2, 0.25) is 0 Å². The quantitative estimate of drug-likeness (QED) is 0.770. The minimum Gasteiger partial charge on any atom is -0.495 e. The van der Waals surface area contributed by atoms with Crippen molar-refractivity contribution >= 4 is 23.3 Å². The summed E-state index contributed by atoms with van der Waals surface area (Å²) in [7, 11) is 1.54. The number of ether oxygens (including phenoxy) is 2. The Hall–Kier alpha value is -2.40. The Kier molecular flexibility index (Phi) is 6.32. The molecule has 6 heteroatoms. The van der Waals surface area contributed by atoms with Gasteiger partial charge in [-0.15, -0.1) is 0 Å². The maximum Gasteiger partial charge on any atom is 0.319 e. The lowest BCUT2D eigenvalue weighted by Gasteiger charge is -2.11. The van der Waals surface area contributed by atoms with Crippen molar-refractivity contribution < 1.29 is 14.3 Å². The molecule has 0 aliphatic heterocycles. The first-order valence-electron chi connectivity index (χ1n) is 7.58. The predicted octanol–water partition coefficient (Wildman–Crippen LogP) is 4.17. The molecule has 2 amide bonds. The lowest BCUT2D eigenvalue weighted by atomic mass is 10.1. The van der Waals surface area contributed by atoms with E-state index in [-0.39, 0.29) is 6.03 Å². The fourth-order valence-electron chi connectivity index (χ4n) is 2.21. The van der Waals surface area contributed by atoms with Crippen LogP contribution in [0.4, 0.5) is 10.5 Å². The molecule has 0 fully saturated rings. The molecule has 0 aliphatic rings. The Bertz CT molecular complexity index is 719. The van der Waals surface area contributed by atoms with E-state index in [4.69, 9.17) is 21.1 Å². The standard InChI is InChI=1S/C18H21ClN2O3/c1-12-4-6-16(13(2)10-12)24-9-8-20-18(22)21-14-5-7-17(23-3)15(19)11-14/h4-7,10-11H,8-9H2,1-3H3,(H2,20,21,22). The lowest BCUT2D eigenvalue weighted by molar-refractivity contribution is 0.247. The summed E-state index contributed by atoms with van der Waals surface area (Å²) in [6.45, 7) is 4.81. The average molecular weight is 349 g/mol. The molecule has 0 bridgehead atoms. The normalized spacial score (nSPS) is 10.2. The monoisotopic (exact) mass is 348 g/mol. The van der Waals surface area contributed by atoms with Gasteiger partial charge in [-0.05, 0) is 43.7 Å². The molecule has 0 atom stereocenters. The van der Waals surface area contributed by atoms with Gasteiger partial charge in [-0.1, -0.05) is 29.3 Å². The van der Waals surface area contributed by atoms with Gasteiger partial charge in [0.25, 0.3) is 0 Å². The van der Waals surface area contributed by atoms with Crippen LogP contribution in [0.1, 0.15) is 11.1 Å². The number of amides is 2. The van der Waals surface area contributed by atoms with Crippen molar-refractivity contribution in [1.82, 2.24) is 5.32 Å². The van der Waals surface area contributed by atoms with Gasteiger partial charge in [0.1, 0.15) is 18.1 Å². The van der Waals surface area contributed by atoms with Gasteiger partial charge in [0.15, 0.2) is 0 Å². The third-order valence-corrected chi connectivity index (χ3v) is 3.68. The van der Waals surface area contributed by atoms with Crippen LogP contribution in [0.2, 0.25) is 5.02 Å². The molecule has 0 saturated heterocycles. The van der Waals surface area contributed by atoms with Crippen LogP contribution in [0.3, 0.4) is 0 Å². The van der Waals surface area contributed by atoms with E-state index in [0.717, 1.165) is 11.3 Å². The Morgan fingerprint density at radius 1 is 1.12 bits per heavy atom. The average Bonchev–Trinajstić information content (AvgIpc) is 2.53. The van der Waals surface area contributed by atoms with Crippen LogP contribution in [0.15, 0.2) is 36.4 Å². The molecule has 0 radical (unpaired) electrons. The molecule has 0 aliphatic carbocycles. The topological polar surface area (TPSA) is 59.6 Å². The number of hydrogen-bond donors (Lipinski definition) is 2. The zero-order valence-corrected chi connectivity index (χ0v) is 14.7. The van der Waals surface area contributed by atoms with E-state index in [1.165, 1.54) is 12.7 Å². The fourth-order valence-corrected chi connectivity index (χ4v) is 2.46. The smallest absolute Gasteiger partial charge is 0.319 e. The van der Waals surface area contributed by atoms with Crippen molar-refractivity contribution in [2.45, 2.75) is 13.8 Å². The maximum absolute atomic E-state index is 11.8. The van der Waals surface area contributed by atoms with Gasteiger partial charge < -0.3 is 20.1 Å². The first-order chi connectivity index (χ1) is 11.5. The number of benzene rings is 2. The van der Waals surface area contributed by atoms with Gasteiger partial charge in [0.05, 0.1) is 18.7 Å². The molecule has 0 spiro atoms. The number of hydrogen-bond acceptors (Lipinski definition) is 3. The second-order valence-corrected chi connectivity index (χ2v) is 5.75. The first kappa shape index (κ1) is 17.9. The molecule has 0 unspecified atom stereocenters. The minimum absolute atomic E-state index is 0.319. The van der Waals surface area contributed by atoms with E-state index in [1.54, 1.807) is 18.2 Å². The summed E-state index contributed by atoms with van der Waals surface area (Å²) in [5, 5.41) is 5.88. The molecule has 2 N–H and O–H groups in total. The highest BCUT2D eigenvalue weighted by Gasteiger charge is 2.05. The van der Waals surface area contributed by atoms with Gasteiger partial charge >= 0.3 is 6.03 Å². The summed E-state index contributed by atoms with van der Waals surface area (Å²) >= 11 is 6.02. The Balaban J connectivity index is 1.76. The number of aryl methyl sites for hydroxylation is 2. The van der Waals surface area contributed by atoms with Crippen LogP contribution >= 0.6 is 11.6 Å². The number of carbonyl (C=O) groups excluding carboxylic acids is 1. The Morgan fingerprint density at radius 2 is 1.88 bits per heavy atom. The number of carbonyl (C=O) groups is 1. The van der Waals surface area contributed by atoms with Gasteiger partial charge in [-0.25, -0.2) is 4.79 Å². The highest BCUT2D eigenvalue weighted by atomic mass is 35.5. The number of anilines is 1. The van der Waals surface area contributed by atoms with Crippen molar-refractivity contribution in [3.8, 4) is 11.5 Å². The minimum atomic E-state index is -0.319. The van der Waals surface area contributed by atoms with Crippen molar-refractivity contribution in [3.05, 3.63) is 52.5 Å². The lowest BCUT2D eigenvalue weighted by Crippen LogP contribution is -2.32. The Labute approximate surface area is 146 Å². The van der Waals surface area contributed by atoms with Gasteiger partial charge in [0, 0.05) is 5.69 Å². The maximum atomic E-state index is 11.8. The van der Waals surface area contributed by atoms with Crippen LogP contribution in [0, 0.1) is 13.8 Å². The highest BCUT2D eigenvalue weighted by molar-refractivity contribution is 6.32. The Morgan fingerprint density at radius 3 is 2.54 bits per heavy atom. The van der Waals surface area contributed by atoms with E-state index in [0.29, 0.717) is 29.6 Å². The fraction of sp³-hybridized carbons (Fsp3) is 0.278. The van der Waals surface area contributed by atoms with Crippen LogP contribution in [0.25, 0.3) is 0 Å². The van der Waals surface area contributed by atoms with E-state index in [9.17, 15) is 4.79 Å². The molecule has 24 heavy (non-hydrogen) atoms. The van der Waals surface area contributed by atoms with Crippen molar-refractivity contribution in [2.24, 2.45) is 0 Å². The number of rotatable bonds is 6. The van der Waals surface area contributed by atoms with E-state index >= 15 is 0 Å². The zero-order valence-electron chi connectivity index (χ0n) is 14.0. The summed E-state index contributed by atoms with van der Waals surface area (Å²) in [6, 6.07) is 10.7. The third kappa shape index (κ3) is 5.06. The molecular weight excluding hydrogens is 328 g/mol. The molecule has 2 rings (SSSR count). The second-order valence-electron chi connectivity index (χ2n) is 5.35. The van der Waals surface area contributed by atoms with Gasteiger partial charge in [-0.3, -0.25) is 0 Å². The van der Waals surface area contributed by atoms with Crippen LogP contribution in [-0.4, -0.2) is 26.3 Å². The molecule has 2 aromatic rings. The van der Waals surface area contributed by atoms with Crippen LogP contribution < -0.4 is 20.1 Å². The molecule has 0 heterocycles. The molecule has 2 aromatic carbocycles. The molecular formula is C18H21ClN2O3. The van der Waals surface area contributed by atoms with E-state index < -0.39 is 0 Å². The molecule has 0 saturated carbocycles. The summed E-state index contributed by atoms with van der Waals surface area (Å²) in [6.07, 6.45) is 0. The van der Waals surface area contributed by atoms with Crippen LogP contribution in [-0.2, 0) is 0 Å². The van der Waals surface area contributed by atoms with Gasteiger partial charge in [-0.2, -0.15) is 0 Å². The van der Waals surface area contributed by atoms with Crippen LogP contribution in [0.5, 0.6) is 11.5 Å². The highest BCUT2D eigenvalue weighted by Crippen LogP contribution is 2.27. The van der Waals surface area contributed by atoms with Crippen molar-refractivity contribution in [1.29, 1.82) is 0 Å². The molecule has 0 aromatic heterocycles. The SMILES string of the molecule is COc1ccc(NC(=O)NCCOc2ccc(C)cc2C)cc1Cl. The van der Waals surface area contributed by atoms with E-state index in [1.807, 2.05) is 26.0 Å². The van der Waals surface area contributed by atoms with E-state index in [2.05, 4.69) is 16.7 Å². The number of nitrogens with one attached hydrogen (secondary N) is 2. The third-order valence-electron chi connectivity index (χ3n) is 3.39. The molecule has 128 valence electrons. The van der Waals surface area contributed by atoms with Crippen molar-refractivity contribution in [3.63, 3.8) is 0 Å². The largest absolute Gasteiger partial charge is 0.495 e. The predicted molar refractivity (Wildman–Crippen MR) is 96.4 cm³/mol. The summed E-state index contributed by atoms with van der Waals surface area (Å²) in [4.78, 5) is 11.8. The number of halogens is 1. The second kappa shape index (κ2) is 8.45. The first-order valence-corrected chi connectivity index (χ1v) is 7.96. The van der Waals surface area contributed by atoms with Crippen molar-refractivity contribution in [2.75, 3.05) is 25.6 Å². The summed E-state index contributed by atoms with van der Waals surface area (Å²) < 4.78 is 10.7. The number of methoxy groups -OCH3 is 1. The summed E-state index contributed by atoms with van der Waals surface area (Å²) in [5.41, 5.74) is 2.86.